The molecule has 10 rings (SSSR count). The molecule has 0 spiro atoms. The molecular weight excluding hydrogens is 1200 g/mol. The molecule has 0 aliphatic heterocycles. The summed E-state index contributed by atoms with van der Waals surface area (Å²) in [4.78, 5) is 42.6. The van der Waals surface area contributed by atoms with Crippen LogP contribution < -0.4 is 21.3 Å². The molecule has 2 aromatic carbocycles. The van der Waals surface area contributed by atoms with Gasteiger partial charge in [0.1, 0.15) is 26.3 Å². The molecule has 5 N–H and O–H groups in total. The second-order valence-electron chi connectivity index (χ2n) is 16.6. The van der Waals surface area contributed by atoms with Gasteiger partial charge in [0.2, 0.25) is 38.2 Å². The summed E-state index contributed by atoms with van der Waals surface area (Å²) in [6.07, 6.45) is 2.45. The van der Waals surface area contributed by atoms with E-state index in [2.05, 4.69) is 105 Å². The molecule has 2 unspecified atom stereocenters. The lowest BCUT2D eigenvalue weighted by Crippen LogP contribution is -2.20. The summed E-state index contributed by atoms with van der Waals surface area (Å²) in [6.45, 7) is 0. The molecule has 2 atom stereocenters. The first kappa shape index (κ1) is 54.8. The van der Waals surface area contributed by atoms with Crippen LogP contribution in [0, 0.1) is 0 Å². The predicted molar refractivity (Wildman–Crippen MR) is 320 cm³/mol. The number of thioether (sulfide) groups is 2. The van der Waals surface area contributed by atoms with Gasteiger partial charge in [-0.05, 0) is 88.2 Å². The minimum absolute atomic E-state index is 0.156. The molecule has 8 heterocycles. The van der Waals surface area contributed by atoms with Crippen LogP contribution in [-0.2, 0) is 59.3 Å². The maximum Gasteiger partial charge on any atom is 0.231 e. The zero-order chi connectivity index (χ0) is 52.4. The summed E-state index contributed by atoms with van der Waals surface area (Å²) in [5.41, 5.74) is 1.03. The number of benzene rings is 2. The van der Waals surface area contributed by atoms with Crippen molar-refractivity contribution >= 4 is 196 Å². The molecule has 28 heteroatoms. The Balaban J connectivity index is 0.695. The van der Waals surface area contributed by atoms with Gasteiger partial charge in [-0.25, -0.2) is 0 Å². The summed E-state index contributed by atoms with van der Waals surface area (Å²) in [6, 6.07) is 25.9. The number of aliphatic hydroxyl groups excluding tert-OH is 1. The predicted octanol–water partition coefficient (Wildman–Crippen LogP) is 12.1. The van der Waals surface area contributed by atoms with E-state index in [4.69, 9.17) is 23.2 Å². The number of fused-ring (bicyclic) bond motifs is 2. The summed E-state index contributed by atoms with van der Waals surface area (Å²) in [7, 11) is 0. The number of aromatic nitrogens is 8. The molecule has 0 fully saturated rings. The number of aliphatic hydroxyl groups is 1. The van der Waals surface area contributed by atoms with E-state index in [1.54, 1.807) is 58.3 Å². The van der Waals surface area contributed by atoms with Crippen LogP contribution in [0.1, 0.15) is 51.0 Å². The van der Waals surface area contributed by atoms with E-state index in [1.165, 1.54) is 78.1 Å². The number of carbonyl (C=O) groups is 3. The van der Waals surface area contributed by atoms with Gasteiger partial charge in [-0.3, -0.25) is 14.4 Å². The zero-order valence-electron chi connectivity index (χ0n) is 39.5. The number of halogens is 2. The van der Waals surface area contributed by atoms with Crippen LogP contribution in [0.15, 0.2) is 78.9 Å². The number of hydrogen-bond acceptors (Lipinski definition) is 23. The lowest BCUT2D eigenvalue weighted by atomic mass is 10.0. The Morgan fingerprint density at radius 1 is 0.513 bits per heavy atom. The van der Waals surface area contributed by atoms with E-state index in [9.17, 15) is 19.5 Å². The van der Waals surface area contributed by atoms with Gasteiger partial charge in [0.05, 0.1) is 27.9 Å². The Morgan fingerprint density at radius 2 is 1.04 bits per heavy atom. The second-order valence-corrected chi connectivity index (χ2v) is 29.2. The third-order valence-corrected chi connectivity index (χ3v) is 21.4. The van der Waals surface area contributed by atoms with Crippen molar-refractivity contribution in [2.75, 3.05) is 44.3 Å². The average Bonchev–Trinajstić information content (AvgIpc) is 4.26. The minimum Gasteiger partial charge on any atom is -0.373 e. The SMILES string of the molecule is O=C(Cc1ccc(Cl)s1)Nc1nnc(CCSCC(c2ccc3sc(CC(=O)Nc4nnc(CCSCCc5nnc(NC(O)Cc6cc7ccccc7s6)s5)s4)cc3c2)c2nnc(NC(=O)Cc3ccc(Cl)s3)s2)s1. The van der Waals surface area contributed by atoms with Crippen LogP contribution in [0.25, 0.3) is 20.2 Å². The third-order valence-electron chi connectivity index (χ3n) is 11.0. The Kier molecular flexibility index (Phi) is 19.0. The van der Waals surface area contributed by atoms with Crippen molar-refractivity contribution in [3.8, 4) is 0 Å². The highest BCUT2D eigenvalue weighted by atomic mass is 35.5. The van der Waals surface area contributed by atoms with E-state index >= 15 is 0 Å². The van der Waals surface area contributed by atoms with E-state index in [0.717, 1.165) is 85.3 Å². The number of rotatable bonds is 26. The number of hydrogen-bond donors (Lipinski definition) is 5. The molecule has 0 aliphatic carbocycles. The van der Waals surface area contributed by atoms with Crippen molar-refractivity contribution in [3.63, 3.8) is 0 Å². The molecule has 0 bridgehead atoms. The lowest BCUT2D eigenvalue weighted by Gasteiger charge is -2.14. The summed E-state index contributed by atoms with van der Waals surface area (Å²) in [5, 5.41) is 64.4. The molecule has 16 nitrogen and oxygen atoms in total. The van der Waals surface area contributed by atoms with Crippen molar-refractivity contribution in [1.29, 1.82) is 0 Å². The largest absolute Gasteiger partial charge is 0.373 e. The van der Waals surface area contributed by atoms with E-state index < -0.39 is 6.23 Å². The van der Waals surface area contributed by atoms with Crippen LogP contribution in [0.5, 0.6) is 0 Å². The van der Waals surface area contributed by atoms with Gasteiger partial charge in [-0.15, -0.1) is 86.1 Å². The molecule has 392 valence electrons. The first-order valence-electron chi connectivity index (χ1n) is 23.3. The van der Waals surface area contributed by atoms with Gasteiger partial charge in [-0.2, -0.15) is 23.5 Å². The van der Waals surface area contributed by atoms with E-state index in [0.29, 0.717) is 47.8 Å². The van der Waals surface area contributed by atoms with E-state index in [1.807, 2.05) is 24.3 Å². The first-order chi connectivity index (χ1) is 37.0. The topological polar surface area (TPSA) is 223 Å². The number of nitrogens with one attached hydrogen (secondary N) is 4. The summed E-state index contributed by atoms with van der Waals surface area (Å²) in [5.74, 6) is 2.40. The number of anilines is 4. The number of nitrogens with zero attached hydrogens (tertiary/aromatic N) is 8. The van der Waals surface area contributed by atoms with Crippen LogP contribution >= 0.6 is 137 Å². The van der Waals surface area contributed by atoms with Gasteiger partial charge >= 0.3 is 0 Å². The maximum absolute atomic E-state index is 13.3. The zero-order valence-corrected chi connectivity index (χ0v) is 49.2. The molecule has 76 heavy (non-hydrogen) atoms. The Labute approximate surface area is 485 Å². The fourth-order valence-electron chi connectivity index (χ4n) is 7.54. The van der Waals surface area contributed by atoms with Crippen LogP contribution in [-0.4, -0.2) is 92.9 Å². The first-order valence-corrected chi connectivity index (χ1v) is 32.9. The monoisotopic (exact) mass is 1240 g/mol. The minimum atomic E-state index is -0.753. The fourth-order valence-corrected chi connectivity index (χ4v) is 17.5. The molecule has 3 amide bonds. The Hall–Kier alpha value is -4.55. The van der Waals surface area contributed by atoms with E-state index in [-0.39, 0.29) is 42.9 Å². The van der Waals surface area contributed by atoms with Crippen molar-refractivity contribution in [2.45, 2.75) is 57.1 Å². The Bertz CT molecular complexity index is 3550. The molecule has 8 aromatic heterocycles. The highest BCUT2D eigenvalue weighted by molar-refractivity contribution is 7.99. The number of amides is 3. The molecular formula is C48H42Cl2N12O4S10. The summed E-state index contributed by atoms with van der Waals surface area (Å²) >= 11 is 27.2. The average molecular weight is 1240 g/mol. The van der Waals surface area contributed by atoms with Gasteiger partial charge < -0.3 is 26.4 Å². The van der Waals surface area contributed by atoms with Crippen LogP contribution in [0.4, 0.5) is 20.5 Å². The Morgan fingerprint density at radius 3 is 1.66 bits per heavy atom. The fraction of sp³-hybridized carbons (Fsp3) is 0.271. The molecule has 0 saturated heterocycles. The standard InChI is InChI=1S/C48H42Cl2N12O4S10/c49-35-9-6-28(71-35)20-37(63)51-45-59-57-43(75-45)13-16-68-24-32(44-58-62-48(76-44)54-38(64)21-29-7-10-36(50)72-29)25-5-8-34-27(17-25)19-31(70-34)23-40(66)53-47-61-56-42(74-47)12-15-67-14-11-41-55-60-46(73-41)52-39(65)22-30-18-26-3-1-2-4-33(26)69-30/h1-10,17-19,32,39,65H,11-16,20-24H2,(H,52,60)(H,51,59,63)(H,53,61,66)(H,54,62,64). The van der Waals surface area contributed by atoms with Gasteiger partial charge in [0.25, 0.3) is 0 Å². The summed E-state index contributed by atoms with van der Waals surface area (Å²) < 4.78 is 3.51. The second kappa shape index (κ2) is 26.4. The highest BCUT2D eigenvalue weighted by Gasteiger charge is 2.23. The lowest BCUT2D eigenvalue weighted by molar-refractivity contribution is -0.116. The van der Waals surface area contributed by atoms with Gasteiger partial charge in [0.15, 0.2) is 0 Å². The quantitative estimate of drug-likeness (QED) is 0.0251. The van der Waals surface area contributed by atoms with Crippen LogP contribution in [0.3, 0.4) is 0 Å². The van der Waals surface area contributed by atoms with Gasteiger partial charge in [0, 0.05) is 66.3 Å². The van der Waals surface area contributed by atoms with Crippen LogP contribution in [0.2, 0.25) is 8.67 Å². The number of aryl methyl sites for hydroxylation is 3. The van der Waals surface area contributed by atoms with Gasteiger partial charge in [-0.1, -0.05) is 92.8 Å². The normalized spacial score (nSPS) is 12.4. The molecule has 0 aliphatic rings. The highest BCUT2D eigenvalue weighted by Crippen LogP contribution is 2.37. The van der Waals surface area contributed by atoms with Crippen molar-refractivity contribution in [1.82, 2.24) is 40.8 Å². The molecule has 0 radical (unpaired) electrons. The molecule has 10 aromatic rings. The maximum atomic E-state index is 13.3. The van der Waals surface area contributed by atoms with Crippen molar-refractivity contribution in [2.24, 2.45) is 0 Å². The smallest absolute Gasteiger partial charge is 0.231 e. The molecule has 0 saturated carbocycles. The van der Waals surface area contributed by atoms with Crippen molar-refractivity contribution < 1.29 is 19.5 Å². The number of thiophene rings is 4. The third kappa shape index (κ3) is 15.6. The number of carbonyl (C=O) groups excluding carboxylic acids is 3. The van der Waals surface area contributed by atoms with Crippen molar-refractivity contribution in [3.05, 3.63) is 133 Å².